The van der Waals surface area contributed by atoms with Crippen LogP contribution in [0.1, 0.15) is 20.8 Å². The van der Waals surface area contributed by atoms with E-state index in [1.54, 1.807) is 20.8 Å². The van der Waals surface area contributed by atoms with E-state index in [-0.39, 0.29) is 12.5 Å². The average Bonchev–Trinajstić information content (AvgIpc) is 3.06. The summed E-state index contributed by atoms with van der Waals surface area (Å²) in [4.78, 5) is 34.9. The minimum atomic E-state index is -1.24. The van der Waals surface area contributed by atoms with E-state index in [0.29, 0.717) is 0 Å². The van der Waals surface area contributed by atoms with Gasteiger partial charge in [0.2, 0.25) is 0 Å². The molecule has 4 atom stereocenters. The fourth-order valence-electron chi connectivity index (χ4n) is 2.49. The van der Waals surface area contributed by atoms with E-state index in [1.165, 1.54) is 14.2 Å². The molecular formula is C14H23NO7. The van der Waals surface area contributed by atoms with Crippen molar-refractivity contribution in [3.05, 3.63) is 0 Å². The molecule has 0 radical (unpaired) electrons. The summed E-state index contributed by atoms with van der Waals surface area (Å²) in [5.41, 5.74) is -0.746. The first-order chi connectivity index (χ1) is 10.1. The molecule has 0 saturated heterocycles. The highest BCUT2D eigenvalue weighted by molar-refractivity contribution is 5.84. The summed E-state index contributed by atoms with van der Waals surface area (Å²) in [6, 6.07) is -1.24. The molecule has 4 unspecified atom stereocenters. The molecular weight excluding hydrogens is 294 g/mol. The van der Waals surface area contributed by atoms with Crippen molar-refractivity contribution in [2.45, 2.75) is 32.4 Å². The molecule has 8 nitrogen and oxygen atoms in total. The van der Waals surface area contributed by atoms with Crippen molar-refractivity contribution in [1.29, 1.82) is 0 Å². The fourth-order valence-corrected chi connectivity index (χ4v) is 2.49. The maximum absolute atomic E-state index is 11.8. The number of carbonyl (C=O) groups is 3. The van der Waals surface area contributed by atoms with Crippen molar-refractivity contribution in [3.63, 3.8) is 0 Å². The van der Waals surface area contributed by atoms with Crippen LogP contribution in [0.25, 0.3) is 0 Å². The Bertz CT molecular complexity index is 443. The van der Waals surface area contributed by atoms with Crippen molar-refractivity contribution in [3.8, 4) is 0 Å². The molecule has 8 heteroatoms. The van der Waals surface area contributed by atoms with E-state index in [2.05, 4.69) is 10.1 Å². The number of nitrogens with one attached hydrogen (secondary N) is 1. The molecule has 2 N–H and O–H groups in total. The molecule has 1 amide bonds. The van der Waals surface area contributed by atoms with Gasteiger partial charge in [-0.3, -0.25) is 4.79 Å². The first-order valence-corrected chi connectivity index (χ1v) is 6.91. The molecule has 1 saturated carbocycles. The van der Waals surface area contributed by atoms with Gasteiger partial charge < -0.3 is 24.6 Å². The third-order valence-electron chi connectivity index (χ3n) is 3.39. The maximum atomic E-state index is 11.8. The van der Waals surface area contributed by atoms with Crippen LogP contribution in [0.3, 0.4) is 0 Å². The van der Waals surface area contributed by atoms with Gasteiger partial charge in [0.25, 0.3) is 0 Å². The minimum absolute atomic E-state index is 0.213. The number of amides is 1. The molecule has 1 rings (SSSR count). The van der Waals surface area contributed by atoms with Gasteiger partial charge in [0.1, 0.15) is 11.6 Å². The van der Waals surface area contributed by atoms with E-state index >= 15 is 0 Å². The van der Waals surface area contributed by atoms with Crippen LogP contribution in [0.4, 0.5) is 4.79 Å². The van der Waals surface area contributed by atoms with E-state index in [0.717, 1.165) is 0 Å². The second kappa shape index (κ2) is 6.95. The Morgan fingerprint density at radius 1 is 1.23 bits per heavy atom. The fraction of sp³-hybridized carbons (Fsp3) is 0.786. The van der Waals surface area contributed by atoms with E-state index in [1.807, 2.05) is 0 Å². The van der Waals surface area contributed by atoms with Crippen molar-refractivity contribution in [2.75, 3.05) is 20.8 Å². The van der Waals surface area contributed by atoms with Gasteiger partial charge in [-0.05, 0) is 20.8 Å². The Kier molecular flexibility index (Phi) is 5.76. The van der Waals surface area contributed by atoms with Gasteiger partial charge >= 0.3 is 18.0 Å². The lowest BCUT2D eigenvalue weighted by molar-refractivity contribution is -0.143. The number of aliphatic carboxylic acids is 1. The third-order valence-corrected chi connectivity index (χ3v) is 3.39. The van der Waals surface area contributed by atoms with Crippen LogP contribution >= 0.6 is 0 Å². The highest BCUT2D eigenvalue weighted by atomic mass is 16.6. The highest BCUT2D eigenvalue weighted by Crippen LogP contribution is 2.49. The van der Waals surface area contributed by atoms with Gasteiger partial charge in [-0.1, -0.05) is 0 Å². The van der Waals surface area contributed by atoms with Gasteiger partial charge in [-0.2, -0.15) is 0 Å². The molecule has 1 aliphatic carbocycles. The molecule has 126 valence electrons. The second-order valence-corrected chi connectivity index (χ2v) is 6.21. The lowest BCUT2D eigenvalue weighted by atomic mass is 10.1. The quantitative estimate of drug-likeness (QED) is 0.692. The van der Waals surface area contributed by atoms with Crippen molar-refractivity contribution in [2.24, 2.45) is 17.8 Å². The Balaban J connectivity index is 2.80. The highest BCUT2D eigenvalue weighted by Gasteiger charge is 2.61. The molecule has 1 fully saturated rings. The number of alkyl carbamates (subject to hydrolysis) is 1. The van der Waals surface area contributed by atoms with Crippen molar-refractivity contribution in [1.82, 2.24) is 5.32 Å². The number of methoxy groups -OCH3 is 2. The summed E-state index contributed by atoms with van der Waals surface area (Å²) < 4.78 is 14.7. The van der Waals surface area contributed by atoms with Crippen LogP contribution in [0.2, 0.25) is 0 Å². The Morgan fingerprint density at radius 2 is 1.82 bits per heavy atom. The maximum Gasteiger partial charge on any atom is 0.408 e. The van der Waals surface area contributed by atoms with Gasteiger partial charge in [-0.15, -0.1) is 0 Å². The Morgan fingerprint density at radius 3 is 2.23 bits per heavy atom. The molecule has 0 bridgehead atoms. The molecule has 0 heterocycles. The van der Waals surface area contributed by atoms with Crippen molar-refractivity contribution < 1.29 is 33.7 Å². The summed E-state index contributed by atoms with van der Waals surface area (Å²) >= 11 is 0. The zero-order valence-corrected chi connectivity index (χ0v) is 13.4. The van der Waals surface area contributed by atoms with E-state index in [4.69, 9.17) is 9.47 Å². The first-order valence-electron chi connectivity index (χ1n) is 6.91. The topological polar surface area (TPSA) is 111 Å². The number of hydrogen-bond acceptors (Lipinski definition) is 6. The lowest BCUT2D eigenvalue weighted by Crippen LogP contribution is -2.45. The summed E-state index contributed by atoms with van der Waals surface area (Å²) in [5.74, 6) is -3.25. The van der Waals surface area contributed by atoms with Crippen LogP contribution in [-0.4, -0.2) is 55.6 Å². The third kappa shape index (κ3) is 4.59. The number of carbonyl (C=O) groups excluding carboxylic acids is 2. The van der Waals surface area contributed by atoms with Gasteiger partial charge in [0.05, 0.1) is 19.6 Å². The van der Waals surface area contributed by atoms with Crippen LogP contribution in [0.15, 0.2) is 0 Å². The number of hydrogen-bond donors (Lipinski definition) is 2. The average molecular weight is 317 g/mol. The first kappa shape index (κ1) is 18.2. The minimum Gasteiger partial charge on any atom is -0.480 e. The predicted octanol–water partition coefficient (Wildman–Crippen LogP) is 0.646. The summed E-state index contributed by atoms with van der Waals surface area (Å²) in [6.45, 7) is 5.23. The lowest BCUT2D eigenvalue weighted by Gasteiger charge is -2.22. The molecule has 1 aliphatic rings. The second-order valence-electron chi connectivity index (χ2n) is 6.21. The summed E-state index contributed by atoms with van der Waals surface area (Å²) in [5, 5.41) is 11.6. The van der Waals surface area contributed by atoms with Gasteiger partial charge in [0, 0.05) is 18.9 Å². The van der Waals surface area contributed by atoms with Crippen LogP contribution in [0.5, 0.6) is 0 Å². The normalized spacial score (nSPS) is 25.0. The van der Waals surface area contributed by atoms with Gasteiger partial charge in [0.15, 0.2) is 0 Å². The van der Waals surface area contributed by atoms with Crippen molar-refractivity contribution >= 4 is 18.0 Å². The van der Waals surface area contributed by atoms with Crippen LogP contribution in [-0.2, 0) is 23.8 Å². The van der Waals surface area contributed by atoms with Gasteiger partial charge in [-0.25, -0.2) is 9.59 Å². The molecule has 0 spiro atoms. The standard InChI is InChI=1S/C14H23NO7/c1-14(2,3)22-13(19)15-10(11(16)17)8-7(6-20-4)9(8)12(18)21-5/h7-10H,6H2,1-5H3,(H,15,19)(H,16,17). The number of carboxylic acid groups (broad SMARTS) is 1. The zero-order chi connectivity index (χ0) is 17.1. The molecule has 0 aliphatic heterocycles. The number of ether oxygens (including phenoxy) is 3. The van der Waals surface area contributed by atoms with Crippen LogP contribution in [0, 0.1) is 17.8 Å². The Labute approximate surface area is 129 Å². The molecule has 0 aromatic carbocycles. The Hall–Kier alpha value is -1.83. The SMILES string of the molecule is COCC1C(C(=O)OC)C1C(NC(=O)OC(C)(C)C)C(=O)O. The largest absolute Gasteiger partial charge is 0.480 e. The molecule has 22 heavy (non-hydrogen) atoms. The van der Waals surface area contributed by atoms with E-state index in [9.17, 15) is 19.5 Å². The number of esters is 1. The monoisotopic (exact) mass is 317 g/mol. The molecule has 0 aromatic rings. The zero-order valence-electron chi connectivity index (χ0n) is 13.4. The summed E-state index contributed by atoms with van der Waals surface area (Å²) in [6.07, 6.45) is -0.841. The van der Waals surface area contributed by atoms with E-state index < -0.39 is 41.5 Å². The predicted molar refractivity (Wildman–Crippen MR) is 75.2 cm³/mol. The number of carboxylic acids is 1. The summed E-state index contributed by atoms with van der Waals surface area (Å²) in [7, 11) is 2.69. The number of rotatable bonds is 6. The smallest absolute Gasteiger partial charge is 0.408 e. The molecule has 0 aromatic heterocycles. The van der Waals surface area contributed by atoms with Crippen LogP contribution < -0.4 is 5.32 Å².